The molecule has 0 atom stereocenters. The summed E-state index contributed by atoms with van der Waals surface area (Å²) in [7, 11) is 0. The molecule has 2 aromatic carbocycles. The molecule has 0 saturated heterocycles. The number of rotatable bonds is 2. The van der Waals surface area contributed by atoms with Gasteiger partial charge in [-0.05, 0) is 42.0 Å². The van der Waals surface area contributed by atoms with Gasteiger partial charge in [0.1, 0.15) is 0 Å². The Kier molecular flexibility index (Phi) is 3.28. The van der Waals surface area contributed by atoms with Crippen LogP contribution in [0.2, 0.25) is 0 Å². The summed E-state index contributed by atoms with van der Waals surface area (Å²) in [6.07, 6.45) is 0.327. The standard InChI is InChI=1S/C15H11BrN2O2/c16-11-2-1-3-12(8-11)17-15(20)9-4-5-13-10(6-9)7-14(19)18-13/h1-6,8H,7H2,(H,17,20)(H,18,19). The van der Waals surface area contributed by atoms with Crippen LogP contribution in [0.4, 0.5) is 11.4 Å². The zero-order valence-corrected chi connectivity index (χ0v) is 12.0. The highest BCUT2D eigenvalue weighted by Crippen LogP contribution is 2.24. The van der Waals surface area contributed by atoms with E-state index in [9.17, 15) is 9.59 Å². The van der Waals surface area contributed by atoms with E-state index in [4.69, 9.17) is 0 Å². The fraction of sp³-hybridized carbons (Fsp3) is 0.0667. The van der Waals surface area contributed by atoms with Crippen LogP contribution in [-0.4, -0.2) is 11.8 Å². The van der Waals surface area contributed by atoms with Crippen molar-refractivity contribution in [3.05, 3.63) is 58.1 Å². The molecule has 100 valence electrons. The highest BCUT2D eigenvalue weighted by Gasteiger charge is 2.19. The molecule has 2 N–H and O–H groups in total. The molecule has 0 unspecified atom stereocenters. The van der Waals surface area contributed by atoms with Gasteiger partial charge in [-0.15, -0.1) is 0 Å². The van der Waals surface area contributed by atoms with Gasteiger partial charge in [0, 0.05) is 21.4 Å². The van der Waals surface area contributed by atoms with Gasteiger partial charge in [-0.3, -0.25) is 9.59 Å². The SMILES string of the molecule is O=C1Cc2cc(C(=O)Nc3cccc(Br)c3)ccc2N1. The zero-order chi connectivity index (χ0) is 14.1. The van der Waals surface area contributed by atoms with Gasteiger partial charge in [0.15, 0.2) is 0 Å². The first-order valence-corrected chi connectivity index (χ1v) is 6.91. The van der Waals surface area contributed by atoms with E-state index in [-0.39, 0.29) is 11.8 Å². The van der Waals surface area contributed by atoms with Gasteiger partial charge < -0.3 is 10.6 Å². The average Bonchev–Trinajstić information content (AvgIpc) is 2.77. The minimum atomic E-state index is -0.190. The first kappa shape index (κ1) is 12.9. The van der Waals surface area contributed by atoms with Crippen molar-refractivity contribution in [1.29, 1.82) is 0 Å². The van der Waals surface area contributed by atoms with Gasteiger partial charge in [-0.2, -0.15) is 0 Å². The molecule has 0 aliphatic carbocycles. The van der Waals surface area contributed by atoms with Crippen LogP contribution >= 0.6 is 15.9 Å². The molecule has 3 rings (SSSR count). The summed E-state index contributed by atoms with van der Waals surface area (Å²) < 4.78 is 0.902. The van der Waals surface area contributed by atoms with Crippen molar-refractivity contribution in [2.45, 2.75) is 6.42 Å². The van der Waals surface area contributed by atoms with Crippen molar-refractivity contribution in [1.82, 2.24) is 0 Å². The van der Waals surface area contributed by atoms with Crippen LogP contribution in [-0.2, 0) is 11.2 Å². The maximum Gasteiger partial charge on any atom is 0.255 e. The molecule has 20 heavy (non-hydrogen) atoms. The predicted octanol–water partition coefficient (Wildman–Crippen LogP) is 3.20. The molecule has 2 aromatic rings. The number of hydrogen-bond donors (Lipinski definition) is 2. The topological polar surface area (TPSA) is 58.2 Å². The molecule has 2 amide bonds. The third-order valence-electron chi connectivity index (χ3n) is 3.08. The molecule has 0 bridgehead atoms. The Morgan fingerprint density at radius 1 is 1.20 bits per heavy atom. The number of carbonyl (C=O) groups excluding carboxylic acids is 2. The summed E-state index contributed by atoms with van der Waals surface area (Å²) in [6, 6.07) is 12.6. The number of carbonyl (C=O) groups is 2. The fourth-order valence-corrected chi connectivity index (χ4v) is 2.54. The monoisotopic (exact) mass is 330 g/mol. The first-order valence-electron chi connectivity index (χ1n) is 6.11. The summed E-state index contributed by atoms with van der Waals surface area (Å²) in [5, 5.41) is 5.57. The van der Waals surface area contributed by atoms with Crippen LogP contribution in [0.1, 0.15) is 15.9 Å². The molecule has 5 heteroatoms. The van der Waals surface area contributed by atoms with Crippen molar-refractivity contribution in [3.8, 4) is 0 Å². The minimum Gasteiger partial charge on any atom is -0.326 e. The van der Waals surface area contributed by atoms with Crippen molar-refractivity contribution >= 4 is 39.1 Å². The van der Waals surface area contributed by atoms with E-state index in [0.29, 0.717) is 12.0 Å². The molecule has 0 radical (unpaired) electrons. The van der Waals surface area contributed by atoms with Crippen LogP contribution in [0.3, 0.4) is 0 Å². The molecule has 1 aliphatic heterocycles. The smallest absolute Gasteiger partial charge is 0.255 e. The van der Waals surface area contributed by atoms with Gasteiger partial charge in [-0.25, -0.2) is 0 Å². The summed E-state index contributed by atoms with van der Waals surface area (Å²) >= 11 is 3.36. The molecule has 0 aromatic heterocycles. The van der Waals surface area contributed by atoms with Crippen LogP contribution < -0.4 is 10.6 Å². The van der Waals surface area contributed by atoms with E-state index >= 15 is 0 Å². The van der Waals surface area contributed by atoms with Crippen LogP contribution in [0, 0.1) is 0 Å². The number of hydrogen-bond acceptors (Lipinski definition) is 2. The molecule has 1 aliphatic rings. The van der Waals surface area contributed by atoms with E-state index < -0.39 is 0 Å². The normalized spacial score (nSPS) is 12.8. The van der Waals surface area contributed by atoms with E-state index in [1.165, 1.54) is 0 Å². The van der Waals surface area contributed by atoms with Crippen LogP contribution in [0.5, 0.6) is 0 Å². The van der Waals surface area contributed by atoms with E-state index in [2.05, 4.69) is 26.6 Å². The van der Waals surface area contributed by atoms with Gasteiger partial charge in [0.25, 0.3) is 5.91 Å². The van der Waals surface area contributed by atoms with E-state index in [0.717, 1.165) is 21.4 Å². The number of nitrogens with one attached hydrogen (secondary N) is 2. The second-order valence-electron chi connectivity index (χ2n) is 4.56. The maximum atomic E-state index is 12.2. The largest absolute Gasteiger partial charge is 0.326 e. The summed E-state index contributed by atoms with van der Waals surface area (Å²) in [5.41, 5.74) is 2.91. The summed E-state index contributed by atoms with van der Waals surface area (Å²) in [5.74, 6) is -0.227. The van der Waals surface area contributed by atoms with Gasteiger partial charge >= 0.3 is 0 Å². The third kappa shape index (κ3) is 2.58. The Hall–Kier alpha value is -2.14. The number of anilines is 2. The third-order valence-corrected chi connectivity index (χ3v) is 3.57. The lowest BCUT2D eigenvalue weighted by molar-refractivity contribution is -0.115. The summed E-state index contributed by atoms with van der Waals surface area (Å²) in [6.45, 7) is 0. The Labute approximate surface area is 124 Å². The number of halogens is 1. The lowest BCUT2D eigenvalue weighted by Crippen LogP contribution is -2.12. The van der Waals surface area contributed by atoms with Crippen molar-refractivity contribution < 1.29 is 9.59 Å². The first-order chi connectivity index (χ1) is 9.61. The molecule has 4 nitrogen and oxygen atoms in total. The maximum absolute atomic E-state index is 12.2. The Morgan fingerprint density at radius 2 is 2.05 bits per heavy atom. The van der Waals surface area contributed by atoms with Crippen molar-refractivity contribution in [2.75, 3.05) is 10.6 Å². The second-order valence-corrected chi connectivity index (χ2v) is 5.48. The predicted molar refractivity (Wildman–Crippen MR) is 80.9 cm³/mol. The van der Waals surface area contributed by atoms with Gasteiger partial charge in [0.2, 0.25) is 5.91 Å². The van der Waals surface area contributed by atoms with Crippen molar-refractivity contribution in [3.63, 3.8) is 0 Å². The second kappa shape index (κ2) is 5.09. The molecular formula is C15H11BrN2O2. The molecule has 1 heterocycles. The Morgan fingerprint density at radius 3 is 2.85 bits per heavy atom. The zero-order valence-electron chi connectivity index (χ0n) is 10.4. The van der Waals surface area contributed by atoms with Gasteiger partial charge in [0.05, 0.1) is 6.42 Å². The quantitative estimate of drug-likeness (QED) is 0.888. The Bertz CT molecular complexity index is 713. The summed E-state index contributed by atoms with van der Waals surface area (Å²) in [4.78, 5) is 23.5. The van der Waals surface area contributed by atoms with E-state index in [1.807, 2.05) is 24.3 Å². The lowest BCUT2D eigenvalue weighted by atomic mass is 10.1. The van der Waals surface area contributed by atoms with Crippen molar-refractivity contribution in [2.24, 2.45) is 0 Å². The minimum absolute atomic E-state index is 0.0375. The van der Waals surface area contributed by atoms with Crippen LogP contribution in [0.25, 0.3) is 0 Å². The average molecular weight is 331 g/mol. The highest BCUT2D eigenvalue weighted by molar-refractivity contribution is 9.10. The molecule has 0 spiro atoms. The Balaban J connectivity index is 1.81. The van der Waals surface area contributed by atoms with Gasteiger partial charge in [-0.1, -0.05) is 22.0 Å². The fourth-order valence-electron chi connectivity index (χ4n) is 2.14. The number of amides is 2. The highest BCUT2D eigenvalue weighted by atomic mass is 79.9. The van der Waals surface area contributed by atoms with Crippen LogP contribution in [0.15, 0.2) is 46.9 Å². The lowest BCUT2D eigenvalue weighted by Gasteiger charge is -2.07. The number of benzene rings is 2. The van der Waals surface area contributed by atoms with E-state index in [1.54, 1.807) is 18.2 Å². The molecular weight excluding hydrogens is 320 g/mol. The molecule has 0 fully saturated rings. The molecule has 0 saturated carbocycles. The number of fused-ring (bicyclic) bond motifs is 1.